The lowest BCUT2D eigenvalue weighted by Crippen LogP contribution is -2.39. The van der Waals surface area contributed by atoms with Crippen LogP contribution in [0.15, 0.2) is 35.2 Å². The normalized spacial score (nSPS) is 20.7. The number of hydrogen-bond donors (Lipinski definition) is 0. The number of rotatable bonds is 6. The molecule has 0 spiro atoms. The zero-order chi connectivity index (χ0) is 18.5. The first kappa shape index (κ1) is 18.0. The molecule has 27 heavy (non-hydrogen) atoms. The molecule has 1 amide bonds. The van der Waals surface area contributed by atoms with E-state index in [0.29, 0.717) is 18.3 Å². The molecule has 1 aromatic heterocycles. The Hall–Kier alpha value is -2.37. The van der Waals surface area contributed by atoms with Gasteiger partial charge >= 0.3 is 0 Å². The fraction of sp³-hybridized carbons (Fsp3) is 0.571. The van der Waals surface area contributed by atoms with E-state index >= 15 is 0 Å². The number of aryl methyl sites for hydroxylation is 1. The number of carbonyl (C=O) groups is 1. The predicted octanol–water partition coefficient (Wildman–Crippen LogP) is 4.08. The minimum absolute atomic E-state index is 0.0537. The van der Waals surface area contributed by atoms with Gasteiger partial charge in [-0.1, -0.05) is 17.3 Å². The summed E-state index contributed by atoms with van der Waals surface area (Å²) in [4.78, 5) is 18.9. The van der Waals surface area contributed by atoms with Crippen LogP contribution in [0.3, 0.4) is 0 Å². The van der Waals surface area contributed by atoms with Crippen LogP contribution in [0.5, 0.6) is 5.75 Å². The maximum atomic E-state index is 12.8. The first-order chi connectivity index (χ1) is 13.3. The molecule has 0 N–H and O–H groups in total. The van der Waals surface area contributed by atoms with E-state index in [9.17, 15) is 4.79 Å². The SMILES string of the molecule is O=C(CCc1cccc(OC2CCCC2)c1)N1CCCCC1c1ncon1. The quantitative estimate of drug-likeness (QED) is 0.767. The van der Waals surface area contributed by atoms with E-state index in [1.165, 1.54) is 19.2 Å². The van der Waals surface area contributed by atoms with E-state index in [4.69, 9.17) is 9.26 Å². The summed E-state index contributed by atoms with van der Waals surface area (Å²) in [6.45, 7) is 0.767. The predicted molar refractivity (Wildman–Crippen MR) is 100 cm³/mol. The van der Waals surface area contributed by atoms with E-state index in [-0.39, 0.29) is 11.9 Å². The maximum Gasteiger partial charge on any atom is 0.223 e. The van der Waals surface area contributed by atoms with Gasteiger partial charge < -0.3 is 14.2 Å². The third-order valence-corrected chi connectivity index (χ3v) is 5.63. The third kappa shape index (κ3) is 4.49. The van der Waals surface area contributed by atoms with Crippen molar-refractivity contribution in [2.24, 2.45) is 0 Å². The van der Waals surface area contributed by atoms with Crippen LogP contribution < -0.4 is 4.74 Å². The van der Waals surface area contributed by atoms with Crippen molar-refractivity contribution in [3.63, 3.8) is 0 Å². The Labute approximate surface area is 159 Å². The summed E-state index contributed by atoms with van der Waals surface area (Å²) in [6, 6.07) is 8.13. The molecule has 2 aromatic rings. The van der Waals surface area contributed by atoms with Crippen molar-refractivity contribution in [2.45, 2.75) is 69.9 Å². The van der Waals surface area contributed by atoms with Crippen molar-refractivity contribution in [1.29, 1.82) is 0 Å². The summed E-state index contributed by atoms with van der Waals surface area (Å²) in [5.41, 5.74) is 1.15. The van der Waals surface area contributed by atoms with E-state index < -0.39 is 0 Å². The number of piperidine rings is 1. The lowest BCUT2D eigenvalue weighted by molar-refractivity contribution is -0.135. The van der Waals surface area contributed by atoms with Gasteiger partial charge in [-0.05, 0) is 69.1 Å². The molecule has 1 unspecified atom stereocenters. The van der Waals surface area contributed by atoms with E-state index in [1.54, 1.807) is 0 Å². The highest BCUT2D eigenvalue weighted by atomic mass is 16.5. The van der Waals surface area contributed by atoms with Gasteiger partial charge in [0.15, 0.2) is 5.82 Å². The molecule has 1 aliphatic carbocycles. The average Bonchev–Trinajstić information content (AvgIpc) is 3.41. The number of likely N-dealkylation sites (tertiary alicyclic amines) is 1. The van der Waals surface area contributed by atoms with Crippen LogP contribution in [0.25, 0.3) is 0 Å². The van der Waals surface area contributed by atoms with Crippen molar-refractivity contribution in [3.8, 4) is 5.75 Å². The van der Waals surface area contributed by atoms with E-state index in [2.05, 4.69) is 22.3 Å². The van der Waals surface area contributed by atoms with Gasteiger partial charge in [0.2, 0.25) is 12.3 Å². The second-order valence-corrected chi connectivity index (χ2v) is 7.56. The summed E-state index contributed by atoms with van der Waals surface area (Å²) in [5, 5.41) is 3.95. The van der Waals surface area contributed by atoms with Crippen molar-refractivity contribution >= 4 is 5.91 Å². The summed E-state index contributed by atoms with van der Waals surface area (Å²) in [7, 11) is 0. The van der Waals surface area contributed by atoms with Crippen LogP contribution in [-0.4, -0.2) is 33.6 Å². The molecule has 1 atom stereocenters. The topological polar surface area (TPSA) is 68.5 Å². The molecule has 1 saturated heterocycles. The Morgan fingerprint density at radius 1 is 1.19 bits per heavy atom. The van der Waals surface area contributed by atoms with Gasteiger partial charge in [0.25, 0.3) is 0 Å². The molecule has 0 radical (unpaired) electrons. The molecule has 0 bridgehead atoms. The number of ether oxygens (including phenoxy) is 1. The number of hydrogen-bond acceptors (Lipinski definition) is 5. The summed E-state index contributed by atoms with van der Waals surface area (Å²) >= 11 is 0. The van der Waals surface area contributed by atoms with Gasteiger partial charge in [-0.3, -0.25) is 4.79 Å². The Bertz CT molecular complexity index is 741. The average molecular weight is 369 g/mol. The smallest absolute Gasteiger partial charge is 0.223 e. The number of aromatic nitrogens is 2. The molecule has 6 heteroatoms. The van der Waals surface area contributed by atoms with Gasteiger partial charge in [-0.15, -0.1) is 0 Å². The molecular weight excluding hydrogens is 342 g/mol. The molecule has 6 nitrogen and oxygen atoms in total. The van der Waals surface area contributed by atoms with Crippen molar-refractivity contribution in [1.82, 2.24) is 15.0 Å². The molecule has 1 aromatic carbocycles. The maximum absolute atomic E-state index is 12.8. The van der Waals surface area contributed by atoms with Crippen molar-refractivity contribution in [2.75, 3.05) is 6.54 Å². The lowest BCUT2D eigenvalue weighted by atomic mass is 10.00. The Balaban J connectivity index is 1.35. The molecule has 2 aliphatic rings. The van der Waals surface area contributed by atoms with Gasteiger partial charge in [-0.25, -0.2) is 0 Å². The number of nitrogens with zero attached hydrogens (tertiary/aromatic N) is 3. The number of benzene rings is 1. The van der Waals surface area contributed by atoms with Crippen LogP contribution in [-0.2, 0) is 11.2 Å². The largest absolute Gasteiger partial charge is 0.490 e. The Morgan fingerprint density at radius 2 is 2.04 bits per heavy atom. The Kier molecular flexibility index (Phi) is 5.70. The summed E-state index contributed by atoms with van der Waals surface area (Å²) in [6.07, 6.45) is 10.7. The zero-order valence-electron chi connectivity index (χ0n) is 15.7. The first-order valence-corrected chi connectivity index (χ1v) is 10.1. The van der Waals surface area contributed by atoms with Crippen molar-refractivity contribution < 1.29 is 14.1 Å². The van der Waals surface area contributed by atoms with E-state index in [0.717, 1.165) is 56.4 Å². The van der Waals surface area contributed by atoms with Crippen LogP contribution >= 0.6 is 0 Å². The fourth-order valence-electron chi connectivity index (χ4n) is 4.19. The second kappa shape index (κ2) is 8.55. The van der Waals surface area contributed by atoms with Gasteiger partial charge in [-0.2, -0.15) is 4.98 Å². The van der Waals surface area contributed by atoms with Gasteiger partial charge in [0.1, 0.15) is 5.75 Å². The monoisotopic (exact) mass is 369 g/mol. The van der Waals surface area contributed by atoms with Crippen LogP contribution in [0, 0.1) is 0 Å². The molecule has 144 valence electrons. The standard InChI is InChI=1S/C21H27N3O3/c25-20(24-13-4-3-10-19(24)21-22-15-26-23-21)12-11-16-6-5-9-18(14-16)27-17-7-1-2-8-17/h5-6,9,14-15,17,19H,1-4,7-8,10-13H2. The lowest BCUT2D eigenvalue weighted by Gasteiger charge is -2.33. The van der Waals surface area contributed by atoms with Crippen LogP contribution in [0.1, 0.15) is 68.8 Å². The van der Waals surface area contributed by atoms with Crippen molar-refractivity contribution in [3.05, 3.63) is 42.0 Å². The Morgan fingerprint density at radius 3 is 2.85 bits per heavy atom. The highest BCUT2D eigenvalue weighted by molar-refractivity contribution is 5.77. The molecule has 4 rings (SSSR count). The minimum atomic E-state index is -0.0537. The third-order valence-electron chi connectivity index (χ3n) is 5.63. The number of carbonyl (C=O) groups excluding carboxylic acids is 1. The second-order valence-electron chi connectivity index (χ2n) is 7.56. The highest BCUT2D eigenvalue weighted by Gasteiger charge is 2.30. The first-order valence-electron chi connectivity index (χ1n) is 10.1. The molecule has 2 fully saturated rings. The van der Waals surface area contributed by atoms with E-state index in [1.807, 2.05) is 17.0 Å². The number of amides is 1. The summed E-state index contributed by atoms with van der Waals surface area (Å²) in [5.74, 6) is 1.70. The minimum Gasteiger partial charge on any atom is -0.490 e. The van der Waals surface area contributed by atoms with Crippen LogP contribution in [0.4, 0.5) is 0 Å². The summed E-state index contributed by atoms with van der Waals surface area (Å²) < 4.78 is 11.0. The van der Waals surface area contributed by atoms with Gasteiger partial charge in [0, 0.05) is 13.0 Å². The van der Waals surface area contributed by atoms with Crippen LogP contribution in [0.2, 0.25) is 0 Å². The fourth-order valence-corrected chi connectivity index (χ4v) is 4.19. The highest BCUT2D eigenvalue weighted by Crippen LogP contribution is 2.30. The molecule has 1 saturated carbocycles. The van der Waals surface area contributed by atoms with Gasteiger partial charge in [0.05, 0.1) is 12.1 Å². The molecule has 1 aliphatic heterocycles. The zero-order valence-corrected chi connectivity index (χ0v) is 15.7. The molecular formula is C21H27N3O3. The molecule has 2 heterocycles.